The molecule has 0 atom stereocenters. The van der Waals surface area contributed by atoms with E-state index < -0.39 is 0 Å². The Balaban J connectivity index is 0. The summed E-state index contributed by atoms with van der Waals surface area (Å²) in [6.07, 6.45) is 40.3. The first-order valence-electron chi connectivity index (χ1n) is 25.0. The average Bonchev–Trinajstić information content (AvgIpc) is 3.26. The minimum Gasteiger partial charge on any atom is -0.348 e. The van der Waals surface area contributed by atoms with E-state index in [-0.39, 0.29) is 16.5 Å². The maximum atomic E-state index is 9.83. The third-order valence-electron chi connectivity index (χ3n) is 11.2. The molecule has 338 valence electrons. The van der Waals surface area contributed by atoms with Crippen molar-refractivity contribution in [1.29, 1.82) is 0 Å². The number of hydrogen-bond donors (Lipinski definition) is 0. The molecule has 0 fully saturated rings. The summed E-state index contributed by atoms with van der Waals surface area (Å²) in [7, 11) is 0. The van der Waals surface area contributed by atoms with E-state index in [4.69, 9.17) is 0 Å². The van der Waals surface area contributed by atoms with Crippen LogP contribution in [-0.2, 0) is 29.3 Å². The first-order chi connectivity index (χ1) is 28.5. The number of rotatable bonds is 33. The van der Waals surface area contributed by atoms with Gasteiger partial charge in [0.25, 0.3) is 0 Å². The van der Waals surface area contributed by atoms with Gasteiger partial charge in [-0.15, -0.1) is 4.79 Å². The predicted octanol–water partition coefficient (Wildman–Crippen LogP) is 18.9. The van der Waals surface area contributed by atoms with Gasteiger partial charge < -0.3 is 19.4 Å². The van der Waals surface area contributed by atoms with Crippen LogP contribution in [0.5, 0.6) is 0 Å². The smallest absolute Gasteiger partial charge is 0.348 e. The number of nitrogens with zero attached hydrogens (tertiary/aromatic N) is 2. The summed E-state index contributed by atoms with van der Waals surface area (Å²) in [5.41, 5.74) is 18.9. The number of hydrogen-bond acceptors (Lipinski definition) is 0. The van der Waals surface area contributed by atoms with Gasteiger partial charge in [-0.1, -0.05) is 231 Å². The fraction of sp³-hybridized carbons (Fsp3) is 0.679. The van der Waals surface area contributed by atoms with Crippen LogP contribution >= 0.6 is 0 Å². The molecule has 0 saturated carbocycles. The fourth-order valence-corrected chi connectivity index (χ4v) is 7.31. The van der Waals surface area contributed by atoms with Crippen molar-refractivity contribution >= 4 is 11.4 Å². The third-order valence-corrected chi connectivity index (χ3v) is 11.2. The number of benzene rings is 2. The van der Waals surface area contributed by atoms with Crippen molar-refractivity contribution in [1.82, 2.24) is 0 Å². The molecule has 2 nitrogen and oxygen atoms in total. The van der Waals surface area contributed by atoms with Crippen molar-refractivity contribution in [2.75, 3.05) is 0 Å². The second-order valence-corrected chi connectivity index (χ2v) is 16.7. The Morgan fingerprint density at radius 1 is 0.441 bits per heavy atom. The van der Waals surface area contributed by atoms with E-state index in [2.05, 4.69) is 115 Å². The van der Waals surface area contributed by atoms with Crippen molar-refractivity contribution in [3.05, 3.63) is 101 Å². The summed E-state index contributed by atoms with van der Waals surface area (Å²) < 4.78 is 0. The van der Waals surface area contributed by atoms with E-state index in [0.717, 1.165) is 56.9 Å². The standard InChI is InChI=1S/C48H76N2.2C4H9.Ni/c1-5-9-13-15-17-18-19-20-21-22-23-25-28-32-47(46(41-50-49)31-26-11-7-3)48(44-37-33-42(34-38-44)29-12-8-4)45-39-35-43(36-40-45)30-27-24-16-14-10-6-2;2*1-3-4-2;/h33-40H,5-32H2,1-4H3;2*1,3-4H2,2H3;/q;2*-1;+2. The topological polar surface area (TPSA) is 36.4 Å². The third kappa shape index (κ3) is 32.2. The second kappa shape index (κ2) is 45.4. The molecule has 0 aliphatic rings. The molecule has 59 heavy (non-hydrogen) atoms. The molecule has 0 heterocycles. The Kier molecular flexibility index (Phi) is 45.3. The summed E-state index contributed by atoms with van der Waals surface area (Å²) in [5, 5.41) is 0. The molecular formula is C56H94N2Ni. The van der Waals surface area contributed by atoms with Crippen LogP contribution in [0.3, 0.4) is 0 Å². The SMILES string of the molecule is CCCCCCCCCCCCCCCC(C(=C=[N+]=[N-])CCCCC)=C(c1ccc(CCCC)cc1)c1ccc(CCCCCCCC)cc1.[CH2-]CCC.[CH2-]CCC.[Ni+2]. The zero-order valence-electron chi connectivity index (χ0n) is 39.9. The molecule has 0 bridgehead atoms. The fourth-order valence-electron chi connectivity index (χ4n) is 7.31. The minimum atomic E-state index is 0. The zero-order chi connectivity index (χ0) is 42.7. The second-order valence-electron chi connectivity index (χ2n) is 16.7. The van der Waals surface area contributed by atoms with Gasteiger partial charge in [0.2, 0.25) is 0 Å². The van der Waals surface area contributed by atoms with Crippen molar-refractivity contribution in [2.45, 2.75) is 247 Å². The number of unbranched alkanes of at least 4 members (excludes halogenated alkanes) is 22. The van der Waals surface area contributed by atoms with Crippen LogP contribution in [0.15, 0.2) is 59.7 Å². The van der Waals surface area contributed by atoms with Gasteiger partial charge in [0.1, 0.15) is 0 Å². The monoisotopic (exact) mass is 853 g/mol. The van der Waals surface area contributed by atoms with Gasteiger partial charge in [-0.05, 0) is 84.8 Å². The van der Waals surface area contributed by atoms with Crippen molar-refractivity contribution in [3.63, 3.8) is 0 Å². The molecule has 0 radical (unpaired) electrons. The van der Waals surface area contributed by atoms with Crippen molar-refractivity contribution in [2.24, 2.45) is 0 Å². The summed E-state index contributed by atoms with van der Waals surface area (Å²) in [4.78, 5) is 3.52. The summed E-state index contributed by atoms with van der Waals surface area (Å²) in [6, 6.07) is 18.8. The van der Waals surface area contributed by atoms with Crippen LogP contribution in [0, 0.1) is 13.8 Å². The molecule has 0 saturated heterocycles. The van der Waals surface area contributed by atoms with E-state index in [1.54, 1.807) is 0 Å². The number of aryl methyl sites for hydroxylation is 2. The van der Waals surface area contributed by atoms with E-state index in [1.165, 1.54) is 187 Å². The van der Waals surface area contributed by atoms with Gasteiger partial charge >= 0.3 is 22.4 Å². The molecule has 0 amide bonds. The minimum absolute atomic E-state index is 0. The quantitative estimate of drug-likeness (QED) is 0.0130. The molecule has 3 heteroatoms. The maximum Gasteiger partial charge on any atom is 2.00 e. The normalized spacial score (nSPS) is 10.9. The van der Waals surface area contributed by atoms with Crippen LogP contribution in [0.25, 0.3) is 11.1 Å². The maximum absolute atomic E-state index is 9.83. The molecule has 0 N–H and O–H groups in total. The molecule has 2 aromatic carbocycles. The van der Waals surface area contributed by atoms with Crippen LogP contribution < -0.4 is 0 Å². The van der Waals surface area contributed by atoms with Gasteiger partial charge in [-0.2, -0.15) is 12.8 Å². The molecule has 0 aliphatic carbocycles. The number of allylic oxidation sites excluding steroid dienone is 2. The van der Waals surface area contributed by atoms with Gasteiger partial charge in [0.15, 0.2) is 0 Å². The van der Waals surface area contributed by atoms with E-state index >= 15 is 0 Å². The van der Waals surface area contributed by atoms with Crippen LogP contribution in [0.4, 0.5) is 0 Å². The average molecular weight is 854 g/mol. The van der Waals surface area contributed by atoms with Crippen LogP contribution in [0.2, 0.25) is 0 Å². The first kappa shape index (κ1) is 58.9. The molecule has 0 spiro atoms. The molecule has 0 aliphatic heterocycles. The Labute approximate surface area is 379 Å². The molecular weight excluding hydrogens is 759 g/mol. The Morgan fingerprint density at radius 3 is 1.14 bits per heavy atom. The largest absolute Gasteiger partial charge is 2.00 e. The van der Waals surface area contributed by atoms with Crippen LogP contribution in [0.1, 0.15) is 256 Å². The first-order valence-corrected chi connectivity index (χ1v) is 25.0. The molecule has 2 rings (SSSR count). The van der Waals surface area contributed by atoms with Crippen molar-refractivity contribution < 1.29 is 21.3 Å². The van der Waals surface area contributed by atoms with Crippen molar-refractivity contribution in [3.8, 4) is 0 Å². The van der Waals surface area contributed by atoms with Gasteiger partial charge in [0, 0.05) is 0 Å². The van der Waals surface area contributed by atoms with Gasteiger partial charge in [0.05, 0.1) is 5.57 Å². The van der Waals surface area contributed by atoms with Gasteiger partial charge in [-0.3, -0.25) is 0 Å². The molecule has 2 aromatic rings. The van der Waals surface area contributed by atoms with E-state index in [0.29, 0.717) is 0 Å². The summed E-state index contributed by atoms with van der Waals surface area (Å²) in [5.74, 6) is 3.10. The molecule has 0 unspecified atom stereocenters. The summed E-state index contributed by atoms with van der Waals surface area (Å²) in [6.45, 7) is 20.6. The Morgan fingerprint density at radius 2 is 0.763 bits per heavy atom. The predicted molar refractivity (Wildman–Crippen MR) is 262 cm³/mol. The van der Waals surface area contributed by atoms with Gasteiger partial charge in [-0.25, -0.2) is 0 Å². The van der Waals surface area contributed by atoms with E-state index in [9.17, 15) is 5.53 Å². The Hall–Kier alpha value is -2.17. The molecule has 0 aromatic heterocycles. The summed E-state index contributed by atoms with van der Waals surface area (Å²) >= 11 is 0. The Bertz CT molecular complexity index is 1290. The van der Waals surface area contributed by atoms with Crippen LogP contribution in [-0.4, -0.2) is 10.7 Å². The zero-order valence-corrected chi connectivity index (χ0v) is 40.9. The van der Waals surface area contributed by atoms with E-state index in [1.807, 2.05) is 0 Å².